The molecule has 2 aromatic rings. The van der Waals surface area contributed by atoms with Crippen LogP contribution in [0.25, 0.3) is 0 Å². The molecule has 1 aliphatic rings. The van der Waals surface area contributed by atoms with Crippen molar-refractivity contribution >= 4 is 23.4 Å². The molecular formula is C17H17NOS. The van der Waals surface area contributed by atoms with Gasteiger partial charge in [-0.3, -0.25) is 4.79 Å². The number of hydrogen-bond donors (Lipinski definition) is 0. The van der Waals surface area contributed by atoms with Gasteiger partial charge in [-0.1, -0.05) is 42.5 Å². The van der Waals surface area contributed by atoms with E-state index in [1.54, 1.807) is 0 Å². The maximum atomic E-state index is 12.6. The summed E-state index contributed by atoms with van der Waals surface area (Å²) in [5.41, 5.74) is 2.14. The molecule has 0 fully saturated rings. The monoisotopic (exact) mass is 283 g/mol. The first-order valence-corrected chi connectivity index (χ1v) is 7.89. The summed E-state index contributed by atoms with van der Waals surface area (Å²) >= 11 is 1.84. The van der Waals surface area contributed by atoms with E-state index in [-0.39, 0.29) is 5.91 Å². The van der Waals surface area contributed by atoms with Crippen molar-refractivity contribution in [2.24, 2.45) is 0 Å². The van der Waals surface area contributed by atoms with Crippen molar-refractivity contribution in [2.45, 2.75) is 17.7 Å². The van der Waals surface area contributed by atoms with Crippen molar-refractivity contribution < 1.29 is 4.79 Å². The van der Waals surface area contributed by atoms with E-state index in [0.717, 1.165) is 30.0 Å². The largest absolute Gasteiger partial charge is 0.311 e. The average molecular weight is 283 g/mol. The van der Waals surface area contributed by atoms with Gasteiger partial charge in [0.15, 0.2) is 0 Å². The van der Waals surface area contributed by atoms with E-state index in [0.29, 0.717) is 6.42 Å². The Labute approximate surface area is 123 Å². The van der Waals surface area contributed by atoms with Crippen LogP contribution in [0.4, 0.5) is 5.69 Å². The van der Waals surface area contributed by atoms with Gasteiger partial charge in [0.2, 0.25) is 5.91 Å². The van der Waals surface area contributed by atoms with E-state index < -0.39 is 0 Å². The maximum absolute atomic E-state index is 12.6. The molecule has 0 N–H and O–H groups in total. The maximum Gasteiger partial charge on any atom is 0.231 e. The number of rotatable bonds is 2. The lowest BCUT2D eigenvalue weighted by Gasteiger charge is -2.22. The third kappa shape index (κ3) is 2.88. The average Bonchev–Trinajstić information content (AvgIpc) is 2.70. The highest BCUT2D eigenvalue weighted by molar-refractivity contribution is 7.99. The normalized spacial score (nSPS) is 14.5. The summed E-state index contributed by atoms with van der Waals surface area (Å²) in [6.07, 6.45) is 1.51. The van der Waals surface area contributed by atoms with Crippen molar-refractivity contribution in [3.8, 4) is 0 Å². The van der Waals surface area contributed by atoms with Crippen LogP contribution in [0.1, 0.15) is 12.0 Å². The topological polar surface area (TPSA) is 20.3 Å². The SMILES string of the molecule is O=C(Cc1ccccc1)N1CCCSc2ccccc21. The molecule has 1 amide bonds. The number of carbonyl (C=O) groups is 1. The van der Waals surface area contributed by atoms with Crippen molar-refractivity contribution in [3.05, 3.63) is 60.2 Å². The second kappa shape index (κ2) is 6.14. The van der Waals surface area contributed by atoms with Crippen LogP contribution in [-0.2, 0) is 11.2 Å². The van der Waals surface area contributed by atoms with Crippen LogP contribution in [0.2, 0.25) is 0 Å². The van der Waals surface area contributed by atoms with Crippen LogP contribution < -0.4 is 4.90 Å². The number of fused-ring (bicyclic) bond motifs is 1. The number of carbonyl (C=O) groups excluding carboxylic acids is 1. The highest BCUT2D eigenvalue weighted by Gasteiger charge is 2.21. The molecule has 3 heteroatoms. The lowest BCUT2D eigenvalue weighted by Crippen LogP contribution is -2.33. The second-order valence-corrected chi connectivity index (χ2v) is 6.01. The lowest BCUT2D eigenvalue weighted by atomic mass is 10.1. The van der Waals surface area contributed by atoms with Gasteiger partial charge in [-0.15, -0.1) is 11.8 Å². The van der Waals surface area contributed by atoms with Crippen LogP contribution in [0, 0.1) is 0 Å². The first kappa shape index (κ1) is 13.3. The number of amides is 1. The van der Waals surface area contributed by atoms with Gasteiger partial charge in [0, 0.05) is 11.4 Å². The molecule has 0 saturated heterocycles. The lowest BCUT2D eigenvalue weighted by molar-refractivity contribution is -0.118. The van der Waals surface area contributed by atoms with Crippen molar-refractivity contribution in [1.29, 1.82) is 0 Å². The third-order valence-electron chi connectivity index (χ3n) is 3.44. The number of thioether (sulfide) groups is 1. The molecular weight excluding hydrogens is 266 g/mol. The molecule has 0 saturated carbocycles. The van der Waals surface area contributed by atoms with Gasteiger partial charge in [0.25, 0.3) is 0 Å². The third-order valence-corrected chi connectivity index (χ3v) is 4.59. The number of benzene rings is 2. The van der Waals surface area contributed by atoms with Crippen LogP contribution in [-0.4, -0.2) is 18.2 Å². The zero-order valence-electron chi connectivity index (χ0n) is 11.3. The molecule has 102 valence electrons. The molecule has 20 heavy (non-hydrogen) atoms. The molecule has 0 bridgehead atoms. The van der Waals surface area contributed by atoms with Crippen LogP contribution in [0.3, 0.4) is 0 Å². The first-order chi connectivity index (χ1) is 9.84. The van der Waals surface area contributed by atoms with Gasteiger partial charge in [-0.2, -0.15) is 0 Å². The van der Waals surface area contributed by atoms with Gasteiger partial charge in [-0.05, 0) is 29.9 Å². The van der Waals surface area contributed by atoms with Crippen molar-refractivity contribution in [3.63, 3.8) is 0 Å². The Morgan fingerprint density at radius 2 is 1.80 bits per heavy atom. The molecule has 2 aromatic carbocycles. The first-order valence-electron chi connectivity index (χ1n) is 6.91. The number of anilines is 1. The summed E-state index contributed by atoms with van der Waals surface area (Å²) in [6.45, 7) is 0.815. The summed E-state index contributed by atoms with van der Waals surface area (Å²) in [5, 5.41) is 0. The van der Waals surface area contributed by atoms with Crippen molar-refractivity contribution in [2.75, 3.05) is 17.2 Å². The highest BCUT2D eigenvalue weighted by atomic mass is 32.2. The van der Waals surface area contributed by atoms with E-state index in [1.165, 1.54) is 4.90 Å². The molecule has 0 unspecified atom stereocenters. The Kier molecular flexibility index (Phi) is 4.07. The van der Waals surface area contributed by atoms with E-state index in [1.807, 2.05) is 59.1 Å². The molecule has 1 aliphatic heterocycles. The highest BCUT2D eigenvalue weighted by Crippen LogP contribution is 2.33. The Morgan fingerprint density at radius 3 is 2.65 bits per heavy atom. The fourth-order valence-corrected chi connectivity index (χ4v) is 3.45. The molecule has 3 rings (SSSR count). The minimum atomic E-state index is 0.186. The van der Waals surface area contributed by atoms with Gasteiger partial charge in [0.1, 0.15) is 0 Å². The van der Waals surface area contributed by atoms with E-state index in [2.05, 4.69) is 12.1 Å². The Morgan fingerprint density at radius 1 is 1.05 bits per heavy atom. The van der Waals surface area contributed by atoms with Gasteiger partial charge in [-0.25, -0.2) is 0 Å². The predicted molar refractivity (Wildman–Crippen MR) is 84.3 cm³/mol. The number of hydrogen-bond acceptors (Lipinski definition) is 2. The Bertz CT molecular complexity index is 597. The molecule has 0 atom stereocenters. The van der Waals surface area contributed by atoms with Gasteiger partial charge >= 0.3 is 0 Å². The molecule has 0 spiro atoms. The van der Waals surface area contributed by atoms with Crippen LogP contribution in [0.15, 0.2) is 59.5 Å². The molecule has 0 aromatic heterocycles. The fourth-order valence-electron chi connectivity index (χ4n) is 2.45. The molecule has 0 aliphatic carbocycles. The van der Waals surface area contributed by atoms with Crippen LogP contribution >= 0.6 is 11.8 Å². The fraction of sp³-hybridized carbons (Fsp3) is 0.235. The Hall–Kier alpha value is -1.74. The predicted octanol–water partition coefficient (Wildman–Crippen LogP) is 3.76. The summed E-state index contributed by atoms with van der Waals surface area (Å²) < 4.78 is 0. The standard InChI is InChI=1S/C17H17NOS/c19-17(13-14-7-2-1-3-8-14)18-11-6-12-20-16-10-5-4-9-15(16)18/h1-5,7-10H,6,11-13H2. The summed E-state index contributed by atoms with van der Waals surface area (Å²) in [4.78, 5) is 15.8. The molecule has 1 heterocycles. The zero-order valence-corrected chi connectivity index (χ0v) is 12.1. The van der Waals surface area contributed by atoms with E-state index in [9.17, 15) is 4.79 Å². The second-order valence-electron chi connectivity index (χ2n) is 4.88. The molecule has 0 radical (unpaired) electrons. The van der Waals surface area contributed by atoms with E-state index >= 15 is 0 Å². The number of para-hydroxylation sites is 1. The minimum absolute atomic E-state index is 0.186. The number of nitrogens with zero attached hydrogens (tertiary/aromatic N) is 1. The zero-order chi connectivity index (χ0) is 13.8. The van der Waals surface area contributed by atoms with Crippen molar-refractivity contribution in [1.82, 2.24) is 0 Å². The smallest absolute Gasteiger partial charge is 0.231 e. The summed E-state index contributed by atoms with van der Waals surface area (Å²) in [5.74, 6) is 1.26. The quantitative estimate of drug-likeness (QED) is 0.836. The summed E-state index contributed by atoms with van der Waals surface area (Å²) in [7, 11) is 0. The Balaban J connectivity index is 1.84. The molecule has 2 nitrogen and oxygen atoms in total. The van der Waals surface area contributed by atoms with Crippen LogP contribution in [0.5, 0.6) is 0 Å². The van der Waals surface area contributed by atoms with E-state index in [4.69, 9.17) is 0 Å². The minimum Gasteiger partial charge on any atom is -0.311 e. The summed E-state index contributed by atoms with van der Waals surface area (Å²) in [6, 6.07) is 18.2. The van der Waals surface area contributed by atoms with Gasteiger partial charge < -0.3 is 4.90 Å². The van der Waals surface area contributed by atoms with Gasteiger partial charge in [0.05, 0.1) is 12.1 Å².